The molecular formula is C56H38N4. The molecule has 282 valence electrons. The Morgan fingerprint density at radius 1 is 0.350 bits per heavy atom. The number of anilines is 1. The number of para-hydroxylation sites is 4. The number of fused-ring (bicyclic) bond motifs is 7. The highest BCUT2D eigenvalue weighted by atomic mass is 15.2. The minimum atomic E-state index is -0.128. The molecule has 0 bridgehead atoms. The molecular weight excluding hydrogens is 729 g/mol. The third-order valence-corrected chi connectivity index (χ3v) is 12.1. The highest BCUT2D eigenvalue weighted by molar-refractivity contribution is 6.17. The van der Waals surface area contributed by atoms with Crippen molar-refractivity contribution in [2.75, 3.05) is 5.32 Å². The quantitative estimate of drug-likeness (QED) is 0.186. The highest BCUT2D eigenvalue weighted by Crippen LogP contribution is 2.42. The molecule has 1 atom stereocenters. The summed E-state index contributed by atoms with van der Waals surface area (Å²) in [5.74, 6) is 0.958. The maximum Gasteiger partial charge on any atom is 0.141 e. The van der Waals surface area contributed by atoms with Gasteiger partial charge >= 0.3 is 0 Å². The van der Waals surface area contributed by atoms with Crippen molar-refractivity contribution in [2.45, 2.75) is 6.04 Å². The molecule has 0 fully saturated rings. The van der Waals surface area contributed by atoms with E-state index in [1.165, 1.54) is 71.5 Å². The second-order valence-corrected chi connectivity index (χ2v) is 15.6. The molecule has 9 aromatic carbocycles. The van der Waals surface area contributed by atoms with Crippen LogP contribution in [0.15, 0.2) is 223 Å². The lowest BCUT2D eigenvalue weighted by Gasteiger charge is -2.29. The molecule has 4 nitrogen and oxygen atoms in total. The fourth-order valence-corrected chi connectivity index (χ4v) is 9.32. The predicted molar refractivity (Wildman–Crippen MR) is 252 cm³/mol. The summed E-state index contributed by atoms with van der Waals surface area (Å²) in [5, 5.41) is 8.69. The summed E-state index contributed by atoms with van der Waals surface area (Å²) < 4.78 is 4.80. The van der Waals surface area contributed by atoms with E-state index in [1.807, 2.05) is 0 Å². The average molecular weight is 767 g/mol. The number of benzene rings is 9. The molecule has 11 aromatic rings. The minimum Gasteiger partial charge on any atom is -0.370 e. The maximum absolute atomic E-state index is 5.38. The van der Waals surface area contributed by atoms with Crippen LogP contribution in [0.1, 0.15) is 11.6 Å². The van der Waals surface area contributed by atoms with Crippen LogP contribution in [-0.2, 0) is 0 Å². The van der Waals surface area contributed by atoms with Gasteiger partial charge in [-0.25, -0.2) is 4.99 Å². The summed E-state index contributed by atoms with van der Waals surface area (Å²) in [6, 6.07) is 78.6. The number of hydrogen-bond acceptors (Lipinski definition) is 2. The molecule has 0 spiro atoms. The van der Waals surface area contributed by atoms with Gasteiger partial charge in [-0.1, -0.05) is 152 Å². The molecule has 0 saturated heterocycles. The summed E-state index contributed by atoms with van der Waals surface area (Å²) in [4.78, 5) is 5.38. The first-order valence-corrected chi connectivity index (χ1v) is 20.6. The fraction of sp³-hybridized carbons (Fsp3) is 0.0179. The Morgan fingerprint density at radius 3 is 1.45 bits per heavy atom. The summed E-state index contributed by atoms with van der Waals surface area (Å²) >= 11 is 0. The molecule has 0 aliphatic carbocycles. The summed E-state index contributed by atoms with van der Waals surface area (Å²) in [6.07, 6.45) is 0. The van der Waals surface area contributed by atoms with E-state index in [9.17, 15) is 0 Å². The molecule has 0 radical (unpaired) electrons. The number of hydrogen-bond donors (Lipinski definition) is 1. The number of nitrogens with one attached hydrogen (secondary N) is 1. The van der Waals surface area contributed by atoms with E-state index in [0.717, 1.165) is 33.9 Å². The number of rotatable bonds is 5. The standard InChI is InChI=1S/C56H38N4/c1-4-16-37(17-5-1)42-32-43(38-18-6-2-7-19-38)34-44(33-42)59-51-26-14-10-22-45(51)47-35-40(28-30-53(47)59)41-29-31-54-48(36-41)46-23-11-15-27-52(46)60(54)56-55(39-20-8-3-9-21-39)57-49-24-12-13-25-50(49)58-56/h1-36,55,57H. The zero-order valence-electron chi connectivity index (χ0n) is 32.7. The molecule has 4 heteroatoms. The summed E-state index contributed by atoms with van der Waals surface area (Å²) in [7, 11) is 0. The summed E-state index contributed by atoms with van der Waals surface area (Å²) in [6.45, 7) is 0. The first-order chi connectivity index (χ1) is 29.7. The molecule has 1 N–H and O–H groups in total. The van der Waals surface area contributed by atoms with E-state index >= 15 is 0 Å². The Balaban J connectivity index is 1.03. The van der Waals surface area contributed by atoms with Crippen LogP contribution in [0.5, 0.6) is 0 Å². The third kappa shape index (κ3) is 5.57. The zero-order valence-corrected chi connectivity index (χ0v) is 32.7. The van der Waals surface area contributed by atoms with Crippen molar-refractivity contribution < 1.29 is 0 Å². The van der Waals surface area contributed by atoms with E-state index in [4.69, 9.17) is 4.99 Å². The van der Waals surface area contributed by atoms with Gasteiger partial charge in [-0.05, 0) is 106 Å². The molecule has 1 aliphatic heterocycles. The topological polar surface area (TPSA) is 34.2 Å². The van der Waals surface area contributed by atoms with Gasteiger partial charge in [0, 0.05) is 27.2 Å². The molecule has 60 heavy (non-hydrogen) atoms. The number of aliphatic imine (C=N–C) groups is 1. The molecule has 3 heterocycles. The number of aromatic nitrogens is 2. The van der Waals surface area contributed by atoms with E-state index in [2.05, 4.69) is 233 Å². The molecule has 12 rings (SSSR count). The van der Waals surface area contributed by atoms with Crippen molar-refractivity contribution in [1.29, 1.82) is 0 Å². The fourth-order valence-electron chi connectivity index (χ4n) is 9.32. The largest absolute Gasteiger partial charge is 0.370 e. The van der Waals surface area contributed by atoms with Gasteiger partial charge in [0.25, 0.3) is 0 Å². The van der Waals surface area contributed by atoms with Crippen LogP contribution in [0.4, 0.5) is 11.4 Å². The first-order valence-electron chi connectivity index (χ1n) is 20.6. The van der Waals surface area contributed by atoms with Crippen LogP contribution in [0.2, 0.25) is 0 Å². The van der Waals surface area contributed by atoms with E-state index in [-0.39, 0.29) is 6.04 Å². The molecule has 2 aromatic heterocycles. The van der Waals surface area contributed by atoms with Crippen LogP contribution >= 0.6 is 0 Å². The monoisotopic (exact) mass is 766 g/mol. The Labute approximate surface area is 348 Å². The Hall–Kier alpha value is -7.95. The van der Waals surface area contributed by atoms with E-state index in [1.54, 1.807) is 0 Å². The van der Waals surface area contributed by atoms with E-state index < -0.39 is 0 Å². The molecule has 0 saturated carbocycles. The van der Waals surface area contributed by atoms with Crippen molar-refractivity contribution in [2.24, 2.45) is 4.99 Å². The number of nitrogens with zero attached hydrogens (tertiary/aromatic N) is 3. The lowest BCUT2D eigenvalue weighted by atomic mass is 9.98. The van der Waals surface area contributed by atoms with Crippen LogP contribution in [0.25, 0.3) is 82.7 Å². The van der Waals surface area contributed by atoms with Gasteiger partial charge in [0.1, 0.15) is 11.9 Å². The highest BCUT2D eigenvalue weighted by Gasteiger charge is 2.28. The van der Waals surface area contributed by atoms with Crippen LogP contribution < -0.4 is 5.32 Å². The average Bonchev–Trinajstić information content (AvgIpc) is 3.84. The van der Waals surface area contributed by atoms with Crippen molar-refractivity contribution in [1.82, 2.24) is 9.13 Å². The lowest BCUT2D eigenvalue weighted by molar-refractivity contribution is 0.962. The summed E-state index contributed by atoms with van der Waals surface area (Å²) in [5.41, 5.74) is 16.1. The van der Waals surface area contributed by atoms with Crippen molar-refractivity contribution >= 4 is 60.8 Å². The van der Waals surface area contributed by atoms with Crippen molar-refractivity contribution in [3.63, 3.8) is 0 Å². The Bertz CT molecular complexity index is 3390. The second-order valence-electron chi connectivity index (χ2n) is 15.6. The van der Waals surface area contributed by atoms with Gasteiger partial charge in [-0.2, -0.15) is 0 Å². The van der Waals surface area contributed by atoms with Crippen LogP contribution in [0, 0.1) is 0 Å². The van der Waals surface area contributed by atoms with Crippen molar-refractivity contribution in [3.05, 3.63) is 224 Å². The Morgan fingerprint density at radius 2 is 0.833 bits per heavy atom. The smallest absolute Gasteiger partial charge is 0.141 e. The molecule has 1 unspecified atom stereocenters. The van der Waals surface area contributed by atoms with E-state index in [0.29, 0.717) is 0 Å². The van der Waals surface area contributed by atoms with Crippen LogP contribution in [-0.4, -0.2) is 15.0 Å². The predicted octanol–water partition coefficient (Wildman–Crippen LogP) is 14.6. The van der Waals surface area contributed by atoms with Gasteiger partial charge in [-0.3, -0.25) is 4.57 Å². The van der Waals surface area contributed by atoms with Gasteiger partial charge < -0.3 is 9.88 Å². The molecule has 1 aliphatic rings. The van der Waals surface area contributed by atoms with Gasteiger partial charge in [0.05, 0.1) is 33.4 Å². The first kappa shape index (κ1) is 34.1. The van der Waals surface area contributed by atoms with Gasteiger partial charge in [0.2, 0.25) is 0 Å². The maximum atomic E-state index is 5.38. The van der Waals surface area contributed by atoms with Gasteiger partial charge in [0.15, 0.2) is 0 Å². The lowest BCUT2D eigenvalue weighted by Crippen LogP contribution is -2.29. The van der Waals surface area contributed by atoms with Crippen molar-refractivity contribution in [3.8, 4) is 39.1 Å². The normalized spacial score (nSPS) is 13.7. The minimum absolute atomic E-state index is 0.128. The zero-order chi connectivity index (χ0) is 39.6. The second kappa shape index (κ2) is 13.9. The van der Waals surface area contributed by atoms with Gasteiger partial charge in [-0.15, -0.1) is 0 Å². The van der Waals surface area contributed by atoms with Crippen LogP contribution in [0.3, 0.4) is 0 Å². The third-order valence-electron chi connectivity index (χ3n) is 12.1. The Kier molecular flexibility index (Phi) is 7.88. The molecule has 0 amide bonds. The SMILES string of the molecule is c1ccc(-c2cc(-c3ccccc3)cc(-n3c4ccccc4c4cc(-c5ccc6c(c5)c5ccccc5n6C5=Nc6ccccc6NC5c5ccccc5)ccc43)c2)cc1.